The van der Waals surface area contributed by atoms with Gasteiger partial charge in [0.25, 0.3) is 0 Å². The zero-order chi connectivity index (χ0) is 12.7. The average molecular weight is 258 g/mol. The van der Waals surface area contributed by atoms with Crippen molar-refractivity contribution in [2.75, 3.05) is 0 Å². The second-order valence-electron chi connectivity index (χ2n) is 3.99. The van der Waals surface area contributed by atoms with Crippen molar-refractivity contribution in [2.45, 2.75) is 6.92 Å². The lowest BCUT2D eigenvalue weighted by atomic mass is 10.2. The average Bonchev–Trinajstić information content (AvgIpc) is 2.91. The molecule has 2 aromatic heterocycles. The van der Waals surface area contributed by atoms with Crippen LogP contribution in [0.1, 0.15) is 16.1 Å². The molecule has 2 N–H and O–H groups in total. The number of fused-ring (bicyclic) bond motifs is 1. The molecule has 0 amide bonds. The Bertz CT molecular complexity index is 728. The number of carboxylic acids is 1. The van der Waals surface area contributed by atoms with Gasteiger partial charge in [0.15, 0.2) is 0 Å². The molecule has 0 radical (unpaired) electrons. The highest BCUT2D eigenvalue weighted by Crippen LogP contribution is 2.33. The smallest absolute Gasteiger partial charge is 0.352 e. The lowest BCUT2D eigenvalue weighted by molar-refractivity contribution is 0.0690. The molecule has 0 saturated heterocycles. The summed E-state index contributed by atoms with van der Waals surface area (Å²) >= 11 is 1.51. The molecule has 0 fully saturated rings. The Morgan fingerprint density at radius 1 is 1.33 bits per heavy atom. The Kier molecular flexibility index (Phi) is 2.41. The van der Waals surface area contributed by atoms with Gasteiger partial charge in [-0.15, -0.1) is 11.3 Å². The molecule has 0 aliphatic rings. The van der Waals surface area contributed by atoms with Gasteiger partial charge in [-0.25, -0.2) is 9.78 Å². The summed E-state index contributed by atoms with van der Waals surface area (Å²) in [6.45, 7) is 1.80. The van der Waals surface area contributed by atoms with Gasteiger partial charge < -0.3 is 10.1 Å². The van der Waals surface area contributed by atoms with Crippen LogP contribution in [0, 0.1) is 6.92 Å². The maximum atomic E-state index is 11.0. The van der Waals surface area contributed by atoms with E-state index in [-0.39, 0.29) is 5.69 Å². The van der Waals surface area contributed by atoms with Crippen LogP contribution >= 0.6 is 11.3 Å². The summed E-state index contributed by atoms with van der Waals surface area (Å²) < 4.78 is 0.909. The van der Waals surface area contributed by atoms with Gasteiger partial charge in [0.2, 0.25) is 0 Å². The molecule has 2 heterocycles. The molecule has 0 unspecified atom stereocenters. The van der Waals surface area contributed by atoms with E-state index in [1.54, 1.807) is 6.92 Å². The number of H-pyrrole nitrogens is 1. The Labute approximate surface area is 107 Å². The third kappa shape index (κ3) is 1.60. The molecule has 0 saturated carbocycles. The van der Waals surface area contributed by atoms with Crippen LogP contribution in [-0.2, 0) is 0 Å². The molecule has 0 atom stereocenters. The van der Waals surface area contributed by atoms with Crippen LogP contribution in [0.15, 0.2) is 30.3 Å². The van der Waals surface area contributed by atoms with Crippen LogP contribution in [0.2, 0.25) is 0 Å². The van der Waals surface area contributed by atoms with Crippen LogP contribution in [0.4, 0.5) is 0 Å². The zero-order valence-corrected chi connectivity index (χ0v) is 10.4. The second kappa shape index (κ2) is 3.96. The van der Waals surface area contributed by atoms with Gasteiger partial charge >= 0.3 is 5.97 Å². The highest BCUT2D eigenvalue weighted by Gasteiger charge is 2.17. The first-order valence-electron chi connectivity index (χ1n) is 5.44. The molecule has 3 rings (SSSR count). The number of aromatic nitrogens is 2. The summed E-state index contributed by atoms with van der Waals surface area (Å²) in [7, 11) is 0. The first kappa shape index (κ1) is 11.0. The SMILES string of the molecule is Cc1c(C(=O)O)[nH]c2nc(-c3ccccc3)sc12. The predicted octanol–water partition coefficient (Wildman–Crippen LogP) is 3.30. The van der Waals surface area contributed by atoms with Crippen LogP contribution in [0.3, 0.4) is 0 Å². The molecule has 3 aromatic rings. The Balaban J connectivity index is 2.17. The fourth-order valence-corrected chi connectivity index (χ4v) is 2.94. The number of carboxylic acid groups (broad SMARTS) is 1. The van der Waals surface area contributed by atoms with E-state index in [0.717, 1.165) is 20.8 Å². The summed E-state index contributed by atoms with van der Waals surface area (Å²) in [4.78, 5) is 18.3. The van der Waals surface area contributed by atoms with Crippen LogP contribution in [-0.4, -0.2) is 21.0 Å². The number of aryl methyl sites for hydroxylation is 1. The monoisotopic (exact) mass is 258 g/mol. The molecule has 90 valence electrons. The van der Waals surface area contributed by atoms with Crippen LogP contribution in [0.5, 0.6) is 0 Å². The quantitative estimate of drug-likeness (QED) is 0.741. The summed E-state index contributed by atoms with van der Waals surface area (Å²) in [5.41, 5.74) is 2.66. The van der Waals surface area contributed by atoms with Crippen molar-refractivity contribution in [2.24, 2.45) is 0 Å². The summed E-state index contributed by atoms with van der Waals surface area (Å²) in [5.74, 6) is -0.945. The molecule has 0 spiro atoms. The van der Waals surface area contributed by atoms with Crippen molar-refractivity contribution in [1.29, 1.82) is 0 Å². The molecular weight excluding hydrogens is 248 g/mol. The summed E-state index contributed by atoms with van der Waals surface area (Å²) in [6.07, 6.45) is 0. The fourth-order valence-electron chi connectivity index (χ4n) is 1.90. The maximum absolute atomic E-state index is 11.0. The van der Waals surface area contributed by atoms with E-state index >= 15 is 0 Å². The summed E-state index contributed by atoms with van der Waals surface area (Å²) in [5, 5.41) is 9.92. The van der Waals surface area contributed by atoms with Gasteiger partial charge in [-0.05, 0) is 6.92 Å². The fraction of sp³-hybridized carbons (Fsp3) is 0.0769. The normalized spacial score (nSPS) is 10.9. The van der Waals surface area contributed by atoms with Gasteiger partial charge in [0.1, 0.15) is 16.3 Å². The first-order valence-corrected chi connectivity index (χ1v) is 6.26. The van der Waals surface area contributed by atoms with Gasteiger partial charge in [0, 0.05) is 11.1 Å². The van der Waals surface area contributed by atoms with E-state index in [2.05, 4.69) is 9.97 Å². The van der Waals surface area contributed by atoms with E-state index < -0.39 is 5.97 Å². The van der Waals surface area contributed by atoms with Crippen LogP contribution < -0.4 is 0 Å². The Morgan fingerprint density at radius 2 is 2.06 bits per heavy atom. The summed E-state index contributed by atoms with van der Waals surface area (Å²) in [6, 6.07) is 9.86. The standard InChI is InChI=1S/C13H10N2O2S/c1-7-9(13(16)17)14-11-10(7)18-12(15-11)8-5-3-2-4-6-8/h2-6,14H,1H3,(H,16,17). The van der Waals surface area contributed by atoms with Crippen molar-refractivity contribution in [1.82, 2.24) is 9.97 Å². The highest BCUT2D eigenvalue weighted by atomic mass is 32.1. The molecule has 0 bridgehead atoms. The number of rotatable bonds is 2. The Morgan fingerprint density at radius 3 is 2.67 bits per heavy atom. The second-order valence-corrected chi connectivity index (χ2v) is 4.99. The zero-order valence-electron chi connectivity index (χ0n) is 9.60. The van der Waals surface area contributed by atoms with Gasteiger partial charge in [-0.1, -0.05) is 30.3 Å². The van der Waals surface area contributed by atoms with Gasteiger partial charge in [-0.2, -0.15) is 0 Å². The molecule has 4 nitrogen and oxygen atoms in total. The highest BCUT2D eigenvalue weighted by molar-refractivity contribution is 7.21. The number of benzene rings is 1. The molecular formula is C13H10N2O2S. The molecule has 0 aliphatic heterocycles. The molecule has 0 aliphatic carbocycles. The molecule has 18 heavy (non-hydrogen) atoms. The van der Waals surface area contributed by atoms with E-state index in [4.69, 9.17) is 5.11 Å². The number of hydrogen-bond acceptors (Lipinski definition) is 3. The number of nitrogens with zero attached hydrogens (tertiary/aromatic N) is 1. The minimum Gasteiger partial charge on any atom is -0.477 e. The number of hydrogen-bond donors (Lipinski definition) is 2. The minimum absolute atomic E-state index is 0.225. The first-order chi connectivity index (χ1) is 8.66. The minimum atomic E-state index is -0.945. The number of aromatic carboxylic acids is 1. The number of thiazole rings is 1. The van der Waals surface area contributed by atoms with Crippen molar-refractivity contribution >= 4 is 27.7 Å². The van der Waals surface area contributed by atoms with E-state index in [1.165, 1.54) is 11.3 Å². The maximum Gasteiger partial charge on any atom is 0.352 e. The van der Waals surface area contributed by atoms with Crippen molar-refractivity contribution < 1.29 is 9.90 Å². The van der Waals surface area contributed by atoms with Gasteiger partial charge in [0.05, 0.1) is 4.70 Å². The lowest BCUT2D eigenvalue weighted by Gasteiger charge is -1.94. The van der Waals surface area contributed by atoms with E-state index in [9.17, 15) is 4.79 Å². The number of aromatic amines is 1. The van der Waals surface area contributed by atoms with Crippen LogP contribution in [0.25, 0.3) is 20.9 Å². The van der Waals surface area contributed by atoms with E-state index in [1.807, 2.05) is 30.3 Å². The lowest BCUT2D eigenvalue weighted by Crippen LogP contribution is -1.98. The predicted molar refractivity (Wildman–Crippen MR) is 71.1 cm³/mol. The molecule has 5 heteroatoms. The van der Waals surface area contributed by atoms with E-state index in [0.29, 0.717) is 5.65 Å². The number of carbonyl (C=O) groups is 1. The van der Waals surface area contributed by atoms with Crippen molar-refractivity contribution in [3.05, 3.63) is 41.6 Å². The van der Waals surface area contributed by atoms with Crippen molar-refractivity contribution in [3.8, 4) is 10.6 Å². The third-order valence-corrected chi connectivity index (χ3v) is 4.04. The van der Waals surface area contributed by atoms with Crippen molar-refractivity contribution in [3.63, 3.8) is 0 Å². The largest absolute Gasteiger partial charge is 0.477 e. The Hall–Kier alpha value is -2.14. The van der Waals surface area contributed by atoms with Gasteiger partial charge in [-0.3, -0.25) is 0 Å². The topological polar surface area (TPSA) is 66.0 Å². The molecule has 1 aromatic carbocycles. The third-order valence-electron chi connectivity index (χ3n) is 2.82. The number of nitrogens with one attached hydrogen (secondary N) is 1.